The van der Waals surface area contributed by atoms with E-state index in [4.69, 9.17) is 21.1 Å². The fourth-order valence-electron chi connectivity index (χ4n) is 0.937. The summed E-state index contributed by atoms with van der Waals surface area (Å²) in [7, 11) is 0. The topological polar surface area (TPSA) is 104 Å². The number of aliphatic hydroxyl groups excluding tert-OH is 1. The normalized spacial score (nSPS) is 10.4. The van der Waals surface area contributed by atoms with Crippen molar-refractivity contribution in [3.05, 3.63) is 29.3 Å². The third kappa shape index (κ3) is 1.95. The molecule has 13 heavy (non-hydrogen) atoms. The molecule has 5 nitrogen and oxygen atoms in total. The van der Waals surface area contributed by atoms with Gasteiger partial charge < -0.3 is 21.1 Å². The van der Waals surface area contributed by atoms with Crippen molar-refractivity contribution < 1.29 is 20.1 Å². The molecular weight excluding hydrogens is 174 g/mol. The van der Waals surface area contributed by atoms with Crippen molar-refractivity contribution in [2.45, 2.75) is 6.29 Å². The molecule has 0 heterocycles. The van der Waals surface area contributed by atoms with Crippen LogP contribution in [0.4, 0.5) is 5.69 Å². The van der Waals surface area contributed by atoms with E-state index in [1.54, 1.807) is 0 Å². The molecule has 1 aromatic carbocycles. The molecule has 0 radical (unpaired) electrons. The highest BCUT2D eigenvalue weighted by molar-refractivity contribution is 5.93. The summed E-state index contributed by atoms with van der Waals surface area (Å²) in [4.78, 5) is 10.5. The van der Waals surface area contributed by atoms with Gasteiger partial charge in [-0.05, 0) is 12.1 Å². The van der Waals surface area contributed by atoms with Crippen LogP contribution >= 0.6 is 0 Å². The predicted molar refractivity (Wildman–Crippen MR) is 45.0 cm³/mol. The Morgan fingerprint density at radius 3 is 2.38 bits per heavy atom. The van der Waals surface area contributed by atoms with Crippen molar-refractivity contribution in [1.29, 1.82) is 0 Å². The summed E-state index contributed by atoms with van der Waals surface area (Å²) in [6.07, 6.45) is -1.63. The fraction of sp³-hybridized carbons (Fsp3) is 0.125. The third-order valence-electron chi connectivity index (χ3n) is 1.60. The summed E-state index contributed by atoms with van der Waals surface area (Å²) < 4.78 is 0. The van der Waals surface area contributed by atoms with Crippen LogP contribution in [0.1, 0.15) is 22.2 Å². The second-order valence-corrected chi connectivity index (χ2v) is 2.53. The highest BCUT2D eigenvalue weighted by atomic mass is 16.5. The number of hydrogen-bond acceptors (Lipinski definition) is 4. The van der Waals surface area contributed by atoms with Gasteiger partial charge in [-0.2, -0.15) is 0 Å². The molecular formula is C8H9NO4. The standard InChI is InChI=1S/C8H9NO4/c9-6-3-4(7(10)11)1-2-5(6)8(12)13/h1-3,7,10-11H,9H2,(H,12,13). The van der Waals surface area contributed by atoms with Crippen molar-refractivity contribution in [3.8, 4) is 0 Å². The lowest BCUT2D eigenvalue weighted by Gasteiger charge is -2.06. The quantitative estimate of drug-likeness (QED) is 0.380. The van der Waals surface area contributed by atoms with Gasteiger partial charge in [-0.3, -0.25) is 0 Å². The number of rotatable bonds is 2. The number of benzene rings is 1. The van der Waals surface area contributed by atoms with Gasteiger partial charge in [0.1, 0.15) is 0 Å². The zero-order valence-electron chi connectivity index (χ0n) is 6.64. The number of nitrogens with two attached hydrogens (primary N) is 1. The molecule has 0 bridgehead atoms. The van der Waals surface area contributed by atoms with E-state index >= 15 is 0 Å². The van der Waals surface area contributed by atoms with E-state index in [0.29, 0.717) is 0 Å². The minimum atomic E-state index is -1.63. The number of nitrogen functional groups attached to an aromatic ring is 1. The summed E-state index contributed by atoms with van der Waals surface area (Å²) in [5.41, 5.74) is 5.49. The van der Waals surface area contributed by atoms with Crippen LogP contribution in [-0.2, 0) is 0 Å². The van der Waals surface area contributed by atoms with Crippen LogP contribution in [0.25, 0.3) is 0 Å². The molecule has 5 N–H and O–H groups in total. The summed E-state index contributed by atoms with van der Waals surface area (Å²) >= 11 is 0. The Morgan fingerprint density at radius 1 is 1.38 bits per heavy atom. The van der Waals surface area contributed by atoms with Gasteiger partial charge in [-0.1, -0.05) is 6.07 Å². The summed E-state index contributed by atoms with van der Waals surface area (Å²) in [5.74, 6) is -1.14. The molecule has 0 atom stereocenters. The lowest BCUT2D eigenvalue weighted by Crippen LogP contribution is -2.04. The van der Waals surface area contributed by atoms with Crippen molar-refractivity contribution in [1.82, 2.24) is 0 Å². The highest BCUT2D eigenvalue weighted by Crippen LogP contribution is 2.17. The third-order valence-corrected chi connectivity index (χ3v) is 1.60. The molecule has 0 aliphatic carbocycles. The van der Waals surface area contributed by atoms with Gasteiger partial charge in [-0.25, -0.2) is 4.79 Å². The maximum Gasteiger partial charge on any atom is 0.337 e. The first kappa shape index (κ1) is 9.50. The number of carboxylic acids is 1. The number of carbonyl (C=O) groups is 1. The van der Waals surface area contributed by atoms with Gasteiger partial charge >= 0.3 is 5.97 Å². The van der Waals surface area contributed by atoms with Gasteiger partial charge in [0.05, 0.1) is 5.56 Å². The van der Waals surface area contributed by atoms with Crippen LogP contribution in [0.3, 0.4) is 0 Å². The Hall–Kier alpha value is -1.59. The first-order valence-corrected chi connectivity index (χ1v) is 3.51. The molecule has 0 fully saturated rings. The van der Waals surface area contributed by atoms with E-state index in [1.807, 2.05) is 0 Å². The maximum absolute atomic E-state index is 10.5. The summed E-state index contributed by atoms with van der Waals surface area (Å²) in [6, 6.07) is 3.74. The van der Waals surface area contributed by atoms with Gasteiger partial charge in [0.2, 0.25) is 0 Å². The lowest BCUT2D eigenvalue weighted by molar-refractivity contribution is -0.0424. The second kappa shape index (κ2) is 3.42. The van der Waals surface area contributed by atoms with Crippen LogP contribution in [-0.4, -0.2) is 21.3 Å². The average molecular weight is 183 g/mol. The number of hydrogen-bond donors (Lipinski definition) is 4. The minimum Gasteiger partial charge on any atom is -0.478 e. The van der Waals surface area contributed by atoms with Crippen LogP contribution in [0.2, 0.25) is 0 Å². The maximum atomic E-state index is 10.5. The number of aliphatic hydroxyl groups is 2. The van der Waals surface area contributed by atoms with E-state index in [0.717, 1.165) is 0 Å². The van der Waals surface area contributed by atoms with Crippen LogP contribution in [0.5, 0.6) is 0 Å². The largest absolute Gasteiger partial charge is 0.478 e. The molecule has 0 unspecified atom stereocenters. The number of aromatic carboxylic acids is 1. The van der Waals surface area contributed by atoms with Crippen molar-refractivity contribution in [2.24, 2.45) is 0 Å². The molecule has 0 aliphatic rings. The molecule has 0 saturated carbocycles. The van der Waals surface area contributed by atoms with Gasteiger partial charge in [-0.15, -0.1) is 0 Å². The summed E-state index contributed by atoms with van der Waals surface area (Å²) in [5, 5.41) is 26.1. The van der Waals surface area contributed by atoms with E-state index in [1.165, 1.54) is 18.2 Å². The minimum absolute atomic E-state index is 0.0121. The van der Waals surface area contributed by atoms with Crippen molar-refractivity contribution in [2.75, 3.05) is 5.73 Å². The zero-order valence-corrected chi connectivity index (χ0v) is 6.64. The van der Waals surface area contributed by atoms with E-state index < -0.39 is 12.3 Å². The summed E-state index contributed by atoms with van der Waals surface area (Å²) in [6.45, 7) is 0. The van der Waals surface area contributed by atoms with Crippen molar-refractivity contribution >= 4 is 11.7 Å². The molecule has 70 valence electrons. The van der Waals surface area contributed by atoms with E-state index in [-0.39, 0.29) is 16.8 Å². The van der Waals surface area contributed by atoms with Gasteiger partial charge in [0, 0.05) is 11.3 Å². The molecule has 0 aromatic heterocycles. The second-order valence-electron chi connectivity index (χ2n) is 2.53. The molecule has 1 rings (SSSR count). The Morgan fingerprint density at radius 2 is 2.00 bits per heavy atom. The Balaban J connectivity index is 3.13. The molecule has 0 spiro atoms. The van der Waals surface area contributed by atoms with Gasteiger partial charge in [0.15, 0.2) is 6.29 Å². The SMILES string of the molecule is Nc1cc(C(O)O)ccc1C(=O)O. The van der Waals surface area contributed by atoms with Crippen molar-refractivity contribution in [3.63, 3.8) is 0 Å². The molecule has 0 saturated heterocycles. The molecule has 0 amide bonds. The van der Waals surface area contributed by atoms with E-state index in [2.05, 4.69) is 0 Å². The first-order valence-electron chi connectivity index (χ1n) is 3.51. The first-order chi connectivity index (χ1) is 6.02. The van der Waals surface area contributed by atoms with Crippen LogP contribution < -0.4 is 5.73 Å². The number of carboxylic acid groups (broad SMARTS) is 1. The highest BCUT2D eigenvalue weighted by Gasteiger charge is 2.10. The predicted octanol–water partition coefficient (Wildman–Crippen LogP) is -0.0498. The molecule has 1 aromatic rings. The average Bonchev–Trinajstić information content (AvgIpc) is 2.03. The number of anilines is 1. The lowest BCUT2D eigenvalue weighted by atomic mass is 10.1. The molecule has 5 heteroatoms. The van der Waals surface area contributed by atoms with Crippen LogP contribution in [0, 0.1) is 0 Å². The Kier molecular flexibility index (Phi) is 2.50. The fourth-order valence-corrected chi connectivity index (χ4v) is 0.937. The van der Waals surface area contributed by atoms with Crippen LogP contribution in [0.15, 0.2) is 18.2 Å². The van der Waals surface area contributed by atoms with Gasteiger partial charge in [0.25, 0.3) is 0 Å². The Labute approximate surface area is 74.0 Å². The monoisotopic (exact) mass is 183 g/mol. The zero-order chi connectivity index (χ0) is 10.0. The smallest absolute Gasteiger partial charge is 0.337 e. The Bertz CT molecular complexity index is 335. The van der Waals surface area contributed by atoms with E-state index in [9.17, 15) is 4.79 Å². The molecule has 0 aliphatic heterocycles.